The molecule has 3 fully saturated rings. The van der Waals surface area contributed by atoms with Crippen molar-refractivity contribution in [1.29, 1.82) is 0 Å². The van der Waals surface area contributed by atoms with Crippen LogP contribution >= 0.6 is 0 Å². The van der Waals surface area contributed by atoms with Gasteiger partial charge in [-0.1, -0.05) is 30.3 Å². The van der Waals surface area contributed by atoms with Gasteiger partial charge < -0.3 is 25.4 Å². The fourth-order valence-electron chi connectivity index (χ4n) is 6.57. The van der Waals surface area contributed by atoms with Crippen LogP contribution in [0.4, 0.5) is 5.69 Å². The van der Waals surface area contributed by atoms with E-state index in [1.54, 1.807) is 11.9 Å². The van der Waals surface area contributed by atoms with E-state index in [9.17, 15) is 14.4 Å². The van der Waals surface area contributed by atoms with Gasteiger partial charge in [-0.3, -0.25) is 14.4 Å². The number of carbonyl (C=O) groups excluding carboxylic acids is 3. The zero-order valence-corrected chi connectivity index (χ0v) is 20.3. The highest BCUT2D eigenvalue weighted by atomic mass is 16.5. The Kier molecular flexibility index (Phi) is 6.05. The van der Waals surface area contributed by atoms with Crippen molar-refractivity contribution in [3.05, 3.63) is 42.5 Å². The number of likely N-dealkylation sites (tertiary alicyclic amines) is 1. The van der Waals surface area contributed by atoms with Gasteiger partial charge in [-0.2, -0.15) is 0 Å². The van der Waals surface area contributed by atoms with Crippen molar-refractivity contribution in [1.82, 2.24) is 10.2 Å². The average Bonchev–Trinajstić information content (AvgIpc) is 3.42. The van der Waals surface area contributed by atoms with E-state index in [0.29, 0.717) is 37.9 Å². The second kappa shape index (κ2) is 8.91. The summed E-state index contributed by atoms with van der Waals surface area (Å²) < 4.78 is 6.55. The number of fused-ring (bicyclic) bond motifs is 2. The maximum absolute atomic E-state index is 13.8. The molecule has 8 nitrogen and oxygen atoms in total. The Hall–Kier alpha value is -2.97. The third-order valence-electron chi connectivity index (χ3n) is 8.13. The molecule has 0 aromatic heterocycles. The van der Waals surface area contributed by atoms with Crippen molar-refractivity contribution < 1.29 is 24.2 Å². The van der Waals surface area contributed by atoms with Crippen LogP contribution in [0, 0.1) is 11.8 Å². The fraction of sp³-hybridized carbons (Fsp3) is 0.519. The predicted molar refractivity (Wildman–Crippen MR) is 132 cm³/mol. The molecule has 3 aliphatic heterocycles. The lowest BCUT2D eigenvalue weighted by Gasteiger charge is -2.33. The summed E-state index contributed by atoms with van der Waals surface area (Å²) in [5, 5.41) is 17.0. The van der Waals surface area contributed by atoms with Crippen LogP contribution in [0.2, 0.25) is 0 Å². The van der Waals surface area contributed by atoms with Gasteiger partial charge in [-0.15, -0.1) is 0 Å². The molecule has 2 aromatic carbocycles. The lowest BCUT2D eigenvalue weighted by molar-refractivity contribution is -0.144. The maximum Gasteiger partial charge on any atom is 0.250 e. The van der Waals surface area contributed by atoms with Crippen molar-refractivity contribution in [3.63, 3.8) is 0 Å². The molecule has 0 radical (unpaired) electrons. The fourth-order valence-corrected chi connectivity index (χ4v) is 6.57. The second-order valence-electron chi connectivity index (χ2n) is 10.2. The molecule has 1 spiro atoms. The van der Waals surface area contributed by atoms with Gasteiger partial charge in [-0.05, 0) is 61.9 Å². The number of hydrogen-bond donors (Lipinski definition) is 3. The minimum absolute atomic E-state index is 0.0899. The van der Waals surface area contributed by atoms with Gasteiger partial charge in [-0.25, -0.2) is 0 Å². The number of nitrogens with one attached hydrogen (secondary N) is 2. The molecule has 3 amide bonds. The van der Waals surface area contributed by atoms with Crippen molar-refractivity contribution in [2.45, 2.75) is 56.3 Å². The third-order valence-corrected chi connectivity index (χ3v) is 8.13. The Labute approximate surface area is 205 Å². The molecule has 3 aliphatic rings. The monoisotopic (exact) mass is 479 g/mol. The second-order valence-corrected chi connectivity index (χ2v) is 10.2. The van der Waals surface area contributed by atoms with Crippen LogP contribution < -0.4 is 10.6 Å². The molecule has 2 aromatic rings. The van der Waals surface area contributed by atoms with E-state index < -0.39 is 29.1 Å². The highest BCUT2D eigenvalue weighted by Crippen LogP contribution is 2.63. The number of amides is 3. The SMILES string of the molecule is CNC(=O)[C@@H]1[C@H]2C(=O)N(CCCCCO)C(C(=O)Nc3ccc4ccccc4c3)C23CC[C@@]1(C)O3. The Morgan fingerprint density at radius 2 is 1.86 bits per heavy atom. The van der Waals surface area contributed by atoms with Crippen molar-refractivity contribution in [2.75, 3.05) is 25.5 Å². The van der Waals surface area contributed by atoms with E-state index in [1.807, 2.05) is 49.4 Å². The van der Waals surface area contributed by atoms with Gasteiger partial charge in [0, 0.05) is 25.9 Å². The van der Waals surface area contributed by atoms with Crippen LogP contribution in [0.3, 0.4) is 0 Å². The number of aliphatic hydroxyl groups excluding tert-OH is 1. The third kappa shape index (κ3) is 3.70. The van der Waals surface area contributed by atoms with Crippen molar-refractivity contribution in [2.24, 2.45) is 11.8 Å². The normalized spacial score (nSPS) is 31.1. The summed E-state index contributed by atoms with van der Waals surface area (Å²) in [6.07, 6.45) is 3.22. The number of carbonyl (C=O) groups is 3. The molecule has 8 heteroatoms. The number of ether oxygens (including phenoxy) is 1. The Balaban J connectivity index is 1.48. The standard InChI is InChI=1S/C27H33N3O5/c1-26-12-13-27(35-26)21(20(26)23(32)28-2)25(34)30(14-6-3-7-15-31)22(27)24(33)29-19-11-10-17-8-4-5-9-18(17)16-19/h4-5,8-11,16,20-22,31H,3,6-7,12-15H2,1-2H3,(H,28,32)(H,29,33)/t20-,21-,22?,26+,27?/m0/s1. The minimum atomic E-state index is -1.03. The predicted octanol–water partition coefficient (Wildman–Crippen LogP) is 2.45. The van der Waals surface area contributed by atoms with Crippen LogP contribution in [-0.4, -0.2) is 65.2 Å². The van der Waals surface area contributed by atoms with E-state index in [-0.39, 0.29) is 24.3 Å². The Morgan fingerprint density at radius 1 is 1.09 bits per heavy atom. The van der Waals surface area contributed by atoms with E-state index in [1.165, 1.54) is 0 Å². The number of rotatable bonds is 8. The molecular formula is C27H33N3O5. The quantitative estimate of drug-likeness (QED) is 0.504. The van der Waals surface area contributed by atoms with Gasteiger partial charge in [0.25, 0.3) is 0 Å². The number of hydrogen-bond acceptors (Lipinski definition) is 5. The van der Waals surface area contributed by atoms with Crippen LogP contribution in [-0.2, 0) is 19.1 Å². The summed E-state index contributed by atoms with van der Waals surface area (Å²) in [4.78, 5) is 42.2. The molecule has 2 bridgehead atoms. The zero-order valence-electron chi connectivity index (χ0n) is 20.3. The smallest absolute Gasteiger partial charge is 0.250 e. The first-order chi connectivity index (χ1) is 16.8. The molecule has 5 atom stereocenters. The van der Waals surface area contributed by atoms with E-state index in [2.05, 4.69) is 10.6 Å². The molecule has 2 unspecified atom stereocenters. The lowest BCUT2D eigenvalue weighted by Crippen LogP contribution is -2.53. The van der Waals surface area contributed by atoms with Gasteiger partial charge in [0.1, 0.15) is 11.6 Å². The van der Waals surface area contributed by atoms with Gasteiger partial charge >= 0.3 is 0 Å². The number of aliphatic hydroxyl groups is 1. The number of benzene rings is 2. The minimum Gasteiger partial charge on any atom is -0.396 e. The maximum atomic E-state index is 13.8. The molecule has 35 heavy (non-hydrogen) atoms. The molecule has 186 valence electrons. The van der Waals surface area contributed by atoms with E-state index in [4.69, 9.17) is 9.84 Å². The number of nitrogens with zero attached hydrogens (tertiary/aromatic N) is 1. The van der Waals surface area contributed by atoms with E-state index >= 15 is 0 Å². The average molecular weight is 480 g/mol. The summed E-state index contributed by atoms with van der Waals surface area (Å²) in [5.74, 6) is -2.02. The van der Waals surface area contributed by atoms with Gasteiger partial charge in [0.15, 0.2) is 0 Å². The molecule has 0 aliphatic carbocycles. The molecule has 5 rings (SSSR count). The van der Waals surface area contributed by atoms with Crippen molar-refractivity contribution >= 4 is 34.2 Å². The first-order valence-corrected chi connectivity index (χ1v) is 12.5. The molecule has 3 N–H and O–H groups in total. The molecule has 3 heterocycles. The lowest BCUT2D eigenvalue weighted by atomic mass is 9.66. The van der Waals surface area contributed by atoms with Gasteiger partial charge in [0.2, 0.25) is 17.7 Å². The Morgan fingerprint density at radius 3 is 2.60 bits per heavy atom. The zero-order chi connectivity index (χ0) is 24.8. The summed E-state index contributed by atoms with van der Waals surface area (Å²) in [6.45, 7) is 2.36. The molecule has 0 saturated carbocycles. The summed E-state index contributed by atoms with van der Waals surface area (Å²) >= 11 is 0. The summed E-state index contributed by atoms with van der Waals surface area (Å²) in [6, 6.07) is 12.8. The molecule has 3 saturated heterocycles. The molecular weight excluding hydrogens is 446 g/mol. The highest BCUT2D eigenvalue weighted by Gasteiger charge is 2.77. The van der Waals surface area contributed by atoms with Gasteiger partial charge in [0.05, 0.1) is 17.4 Å². The summed E-state index contributed by atoms with van der Waals surface area (Å²) in [5.41, 5.74) is -1.14. The summed E-state index contributed by atoms with van der Waals surface area (Å²) in [7, 11) is 1.57. The van der Waals surface area contributed by atoms with Crippen LogP contribution in [0.15, 0.2) is 42.5 Å². The number of unbranched alkanes of at least 4 members (excludes halogenated alkanes) is 2. The number of anilines is 1. The van der Waals surface area contributed by atoms with Crippen molar-refractivity contribution in [3.8, 4) is 0 Å². The first kappa shape index (κ1) is 23.8. The Bertz CT molecular complexity index is 1170. The largest absolute Gasteiger partial charge is 0.396 e. The topological polar surface area (TPSA) is 108 Å². The van der Waals surface area contributed by atoms with Crippen LogP contribution in [0.25, 0.3) is 10.8 Å². The van der Waals surface area contributed by atoms with Crippen LogP contribution in [0.5, 0.6) is 0 Å². The van der Waals surface area contributed by atoms with E-state index in [0.717, 1.165) is 17.2 Å². The first-order valence-electron chi connectivity index (χ1n) is 12.5. The highest BCUT2D eigenvalue weighted by molar-refractivity contribution is 6.04. The van der Waals surface area contributed by atoms with Crippen LogP contribution in [0.1, 0.15) is 39.0 Å².